The number of aliphatic carboxylic acids is 1. The molecule has 1 rings (SSSR count). The minimum Gasteiger partial charge on any atom is -0.481 e. The Labute approximate surface area is 88.5 Å². The number of aromatic nitrogens is 1. The van der Waals surface area contributed by atoms with E-state index >= 15 is 0 Å². The third kappa shape index (κ3) is 2.94. The molecule has 0 bridgehead atoms. The monoisotopic (exact) mass is 209 g/mol. The van der Waals surface area contributed by atoms with E-state index < -0.39 is 5.97 Å². The Bertz CT molecular complexity index is 366. The van der Waals surface area contributed by atoms with E-state index in [9.17, 15) is 9.59 Å². The Morgan fingerprint density at radius 3 is 2.60 bits per heavy atom. The van der Waals surface area contributed by atoms with Crippen LogP contribution >= 0.6 is 0 Å². The van der Waals surface area contributed by atoms with Crippen molar-refractivity contribution in [1.29, 1.82) is 0 Å². The summed E-state index contributed by atoms with van der Waals surface area (Å²) in [6.07, 6.45) is 1.78. The summed E-state index contributed by atoms with van der Waals surface area (Å²) in [6, 6.07) is 3.74. The maximum absolute atomic E-state index is 11.7. The highest BCUT2D eigenvalue weighted by molar-refractivity contribution is 5.96. The first kappa shape index (κ1) is 11.5. The molecule has 0 spiro atoms. The van der Waals surface area contributed by atoms with Gasteiger partial charge in [-0.05, 0) is 26.0 Å². The molecule has 1 aromatic rings. The Balaban J connectivity index is 2.73. The lowest BCUT2D eigenvalue weighted by Crippen LogP contribution is -2.11. The molecule has 0 aliphatic carbocycles. The summed E-state index contributed by atoms with van der Waals surface area (Å²) >= 11 is 0. The summed E-state index contributed by atoms with van der Waals surface area (Å²) in [4.78, 5) is 22.0. The molecule has 1 heterocycles. The van der Waals surface area contributed by atoms with E-state index in [1.54, 1.807) is 12.1 Å². The molecule has 1 aromatic heterocycles. The molecule has 0 atom stereocenters. The van der Waals surface area contributed by atoms with Gasteiger partial charge in [0.1, 0.15) is 0 Å². The SMILES string of the molecule is CC(C)n1cccc1C(=O)CCC(=O)O. The lowest BCUT2D eigenvalue weighted by atomic mass is 10.1. The maximum Gasteiger partial charge on any atom is 0.303 e. The van der Waals surface area contributed by atoms with Crippen molar-refractivity contribution < 1.29 is 14.7 Å². The molecule has 0 aliphatic heterocycles. The number of Topliss-reactive ketones (excluding diaryl/α,β-unsaturated/α-hetero) is 1. The van der Waals surface area contributed by atoms with Crippen molar-refractivity contribution in [1.82, 2.24) is 4.57 Å². The number of hydrogen-bond acceptors (Lipinski definition) is 2. The number of hydrogen-bond donors (Lipinski definition) is 1. The van der Waals surface area contributed by atoms with Crippen molar-refractivity contribution in [3.05, 3.63) is 24.0 Å². The first-order valence-corrected chi connectivity index (χ1v) is 4.94. The molecule has 0 fully saturated rings. The largest absolute Gasteiger partial charge is 0.481 e. The van der Waals surface area contributed by atoms with Crippen LogP contribution in [0.4, 0.5) is 0 Å². The predicted octanol–water partition coefficient (Wildman–Crippen LogP) is 2.12. The van der Waals surface area contributed by atoms with Gasteiger partial charge < -0.3 is 9.67 Å². The maximum atomic E-state index is 11.7. The molecule has 0 unspecified atom stereocenters. The Morgan fingerprint density at radius 1 is 1.40 bits per heavy atom. The third-order valence-electron chi connectivity index (χ3n) is 2.19. The van der Waals surface area contributed by atoms with Crippen molar-refractivity contribution in [2.75, 3.05) is 0 Å². The second-order valence-electron chi connectivity index (χ2n) is 3.71. The highest BCUT2D eigenvalue weighted by Crippen LogP contribution is 2.13. The predicted molar refractivity (Wildman–Crippen MR) is 56.0 cm³/mol. The van der Waals surface area contributed by atoms with Crippen LogP contribution in [-0.2, 0) is 4.79 Å². The van der Waals surface area contributed by atoms with Crippen LogP contribution in [0.2, 0.25) is 0 Å². The smallest absolute Gasteiger partial charge is 0.303 e. The van der Waals surface area contributed by atoms with E-state index in [4.69, 9.17) is 5.11 Å². The summed E-state index contributed by atoms with van der Waals surface area (Å²) in [5.41, 5.74) is 0.589. The van der Waals surface area contributed by atoms with E-state index in [0.717, 1.165) is 0 Å². The van der Waals surface area contributed by atoms with Gasteiger partial charge in [0, 0.05) is 18.7 Å². The zero-order valence-electron chi connectivity index (χ0n) is 8.93. The van der Waals surface area contributed by atoms with Crippen LogP contribution in [0.1, 0.15) is 43.2 Å². The fourth-order valence-electron chi connectivity index (χ4n) is 1.43. The molecule has 4 nitrogen and oxygen atoms in total. The van der Waals surface area contributed by atoms with Gasteiger partial charge in [0.25, 0.3) is 0 Å². The van der Waals surface area contributed by atoms with Gasteiger partial charge in [-0.25, -0.2) is 0 Å². The van der Waals surface area contributed by atoms with E-state index in [1.165, 1.54) is 0 Å². The van der Waals surface area contributed by atoms with Gasteiger partial charge in [0.2, 0.25) is 0 Å². The van der Waals surface area contributed by atoms with Crippen LogP contribution < -0.4 is 0 Å². The van der Waals surface area contributed by atoms with Crippen molar-refractivity contribution in [3.63, 3.8) is 0 Å². The number of rotatable bonds is 5. The molecular weight excluding hydrogens is 194 g/mol. The zero-order chi connectivity index (χ0) is 11.4. The summed E-state index contributed by atoms with van der Waals surface area (Å²) in [5.74, 6) is -1.05. The fraction of sp³-hybridized carbons (Fsp3) is 0.455. The quantitative estimate of drug-likeness (QED) is 0.755. The molecule has 0 aliphatic rings. The molecule has 0 radical (unpaired) electrons. The number of carboxylic acid groups (broad SMARTS) is 1. The van der Waals surface area contributed by atoms with Gasteiger partial charge in [-0.1, -0.05) is 0 Å². The fourth-order valence-corrected chi connectivity index (χ4v) is 1.43. The van der Waals surface area contributed by atoms with Crippen LogP contribution in [0.5, 0.6) is 0 Å². The molecule has 4 heteroatoms. The lowest BCUT2D eigenvalue weighted by Gasteiger charge is -2.11. The van der Waals surface area contributed by atoms with Gasteiger partial charge in [-0.2, -0.15) is 0 Å². The van der Waals surface area contributed by atoms with E-state index in [0.29, 0.717) is 5.69 Å². The normalized spacial score (nSPS) is 10.6. The average Bonchev–Trinajstić information content (AvgIpc) is 2.62. The molecule has 0 saturated carbocycles. The van der Waals surface area contributed by atoms with Gasteiger partial charge in [0.05, 0.1) is 12.1 Å². The summed E-state index contributed by atoms with van der Waals surface area (Å²) in [6.45, 7) is 3.96. The molecule has 82 valence electrons. The van der Waals surface area contributed by atoms with Crippen LogP contribution in [0.25, 0.3) is 0 Å². The van der Waals surface area contributed by atoms with Crippen molar-refractivity contribution in [3.8, 4) is 0 Å². The topological polar surface area (TPSA) is 59.3 Å². The number of nitrogens with zero attached hydrogens (tertiary/aromatic N) is 1. The highest BCUT2D eigenvalue weighted by atomic mass is 16.4. The molecule has 0 amide bonds. The van der Waals surface area contributed by atoms with Gasteiger partial charge in [-0.3, -0.25) is 9.59 Å². The number of carbonyl (C=O) groups is 2. The Morgan fingerprint density at radius 2 is 2.07 bits per heavy atom. The van der Waals surface area contributed by atoms with Gasteiger partial charge in [-0.15, -0.1) is 0 Å². The molecule has 15 heavy (non-hydrogen) atoms. The number of ketones is 1. The van der Waals surface area contributed by atoms with Crippen molar-refractivity contribution in [2.45, 2.75) is 32.7 Å². The summed E-state index contributed by atoms with van der Waals surface area (Å²) < 4.78 is 1.85. The van der Waals surface area contributed by atoms with E-state index in [1.807, 2.05) is 24.6 Å². The van der Waals surface area contributed by atoms with E-state index in [-0.39, 0.29) is 24.7 Å². The number of carboxylic acids is 1. The van der Waals surface area contributed by atoms with Crippen molar-refractivity contribution >= 4 is 11.8 Å². The molecule has 0 aromatic carbocycles. The van der Waals surface area contributed by atoms with Crippen LogP contribution in [-0.4, -0.2) is 21.4 Å². The molecule has 0 saturated heterocycles. The first-order valence-electron chi connectivity index (χ1n) is 4.94. The Kier molecular flexibility index (Phi) is 3.66. The number of carbonyl (C=O) groups excluding carboxylic acids is 1. The van der Waals surface area contributed by atoms with Gasteiger partial charge >= 0.3 is 5.97 Å². The summed E-state index contributed by atoms with van der Waals surface area (Å²) in [5, 5.41) is 8.48. The second kappa shape index (κ2) is 4.77. The Hall–Kier alpha value is -1.58. The highest BCUT2D eigenvalue weighted by Gasteiger charge is 2.13. The summed E-state index contributed by atoms with van der Waals surface area (Å²) in [7, 11) is 0. The average molecular weight is 209 g/mol. The standard InChI is InChI=1S/C11H15NO3/c1-8(2)12-7-3-4-9(12)10(13)5-6-11(14)15/h3-4,7-8H,5-6H2,1-2H3,(H,14,15). The van der Waals surface area contributed by atoms with Crippen LogP contribution in [0, 0.1) is 0 Å². The lowest BCUT2D eigenvalue weighted by molar-refractivity contribution is -0.136. The second-order valence-corrected chi connectivity index (χ2v) is 3.71. The molecule has 1 N–H and O–H groups in total. The minimum absolute atomic E-state index is 0.0616. The van der Waals surface area contributed by atoms with Crippen LogP contribution in [0.3, 0.4) is 0 Å². The minimum atomic E-state index is -0.939. The van der Waals surface area contributed by atoms with Crippen molar-refractivity contribution in [2.24, 2.45) is 0 Å². The van der Waals surface area contributed by atoms with Gasteiger partial charge in [0.15, 0.2) is 5.78 Å². The first-order chi connectivity index (χ1) is 7.02. The van der Waals surface area contributed by atoms with E-state index in [2.05, 4.69) is 0 Å². The van der Waals surface area contributed by atoms with Crippen LogP contribution in [0.15, 0.2) is 18.3 Å². The molecular formula is C11H15NO3. The third-order valence-corrected chi connectivity index (χ3v) is 2.19. The zero-order valence-corrected chi connectivity index (χ0v) is 8.93.